The summed E-state index contributed by atoms with van der Waals surface area (Å²) >= 11 is -0.526. The molecule has 12 heavy (non-hydrogen) atoms. The van der Waals surface area contributed by atoms with E-state index in [9.17, 15) is 4.91 Å². The van der Waals surface area contributed by atoms with Crippen LogP contribution in [0.4, 0.5) is 0 Å². The van der Waals surface area contributed by atoms with E-state index in [4.69, 9.17) is 0 Å². The minimum absolute atomic E-state index is 0.526. The Hall–Kier alpha value is 0.330. The van der Waals surface area contributed by atoms with Crippen LogP contribution in [0.3, 0.4) is 0 Å². The Morgan fingerprint density at radius 1 is 1.50 bits per heavy atom. The summed E-state index contributed by atoms with van der Waals surface area (Å²) in [6.45, 7) is 5.23. The van der Waals surface area contributed by atoms with E-state index in [1.54, 1.807) is 0 Å². The number of alkyl halides is 3. The molecule has 1 aliphatic rings. The second-order valence-corrected chi connectivity index (χ2v) is 10.0. The maximum atomic E-state index is 9.98. The van der Waals surface area contributed by atoms with E-state index < -0.39 is 19.8 Å². The number of hydrogen-bond acceptors (Lipinski definition) is 2. The fourth-order valence-corrected chi connectivity index (χ4v) is 8.96. The molecule has 0 aromatic heterocycles. The maximum absolute atomic E-state index is 9.98. The quantitative estimate of drug-likeness (QED) is 0.443. The van der Waals surface area contributed by atoms with Crippen molar-refractivity contribution in [3.05, 3.63) is 4.91 Å². The van der Waals surface area contributed by atoms with E-state index in [-0.39, 0.29) is 0 Å². The van der Waals surface area contributed by atoms with Crippen LogP contribution in [0.25, 0.3) is 0 Å². The molecule has 2 nitrogen and oxygen atoms in total. The summed E-state index contributed by atoms with van der Waals surface area (Å²) in [7, 11) is 0. The third-order valence-corrected chi connectivity index (χ3v) is 9.82. The van der Waals surface area contributed by atoms with Crippen LogP contribution in [0.2, 0.25) is 0 Å². The molecule has 0 amide bonds. The van der Waals surface area contributed by atoms with Crippen molar-refractivity contribution in [2.75, 3.05) is 19.8 Å². The Balaban J connectivity index is 2.30. The van der Waals surface area contributed by atoms with Gasteiger partial charge in [-0.3, -0.25) is 0 Å². The van der Waals surface area contributed by atoms with Gasteiger partial charge in [-0.05, 0) is 0 Å². The van der Waals surface area contributed by atoms with Crippen molar-refractivity contribution in [1.82, 2.24) is 0 Å². The first-order valence-electron chi connectivity index (χ1n) is 4.64. The van der Waals surface area contributed by atoms with Crippen molar-refractivity contribution in [3.63, 3.8) is 0 Å². The van der Waals surface area contributed by atoms with E-state index in [1.165, 1.54) is 13.3 Å². The van der Waals surface area contributed by atoms with Gasteiger partial charge in [-0.2, -0.15) is 0 Å². The number of nitroso groups, excluding NO2 is 1. The molecule has 0 bridgehead atoms. The normalized spacial score (nSPS) is 32.3. The SMILES string of the molecule is CCI1CC(CCN=O)[C@@H](C)C1. The molecule has 1 aliphatic heterocycles. The number of halogens is 1. The van der Waals surface area contributed by atoms with E-state index in [2.05, 4.69) is 19.0 Å². The van der Waals surface area contributed by atoms with Crippen LogP contribution >= 0.6 is 19.8 Å². The molecule has 0 N–H and O–H groups in total. The molecule has 1 unspecified atom stereocenters. The summed E-state index contributed by atoms with van der Waals surface area (Å²) in [5, 5.41) is 2.95. The summed E-state index contributed by atoms with van der Waals surface area (Å²) < 4.78 is 4.46. The Morgan fingerprint density at radius 3 is 2.75 bits per heavy atom. The van der Waals surface area contributed by atoms with Crippen LogP contribution in [-0.2, 0) is 0 Å². The fraction of sp³-hybridized carbons (Fsp3) is 1.00. The molecule has 0 aromatic carbocycles. The summed E-state index contributed by atoms with van der Waals surface area (Å²) in [4.78, 5) is 9.98. The van der Waals surface area contributed by atoms with E-state index >= 15 is 0 Å². The molecule has 1 saturated heterocycles. The first-order valence-corrected chi connectivity index (χ1v) is 9.22. The average Bonchev–Trinajstić information content (AvgIpc) is 2.43. The first kappa shape index (κ1) is 10.4. The van der Waals surface area contributed by atoms with Gasteiger partial charge in [0, 0.05) is 0 Å². The second-order valence-electron chi connectivity index (χ2n) is 3.52. The predicted molar refractivity (Wildman–Crippen MR) is 62.2 cm³/mol. The van der Waals surface area contributed by atoms with Gasteiger partial charge in [0.1, 0.15) is 0 Å². The Bertz CT molecular complexity index is 151. The van der Waals surface area contributed by atoms with Gasteiger partial charge in [0.2, 0.25) is 0 Å². The molecule has 1 fully saturated rings. The van der Waals surface area contributed by atoms with Crippen molar-refractivity contribution in [2.24, 2.45) is 17.0 Å². The van der Waals surface area contributed by atoms with E-state index in [0.717, 1.165) is 18.3 Å². The molecule has 1 heterocycles. The third kappa shape index (κ3) is 2.68. The van der Waals surface area contributed by atoms with Gasteiger partial charge < -0.3 is 0 Å². The Kier molecular flexibility index (Phi) is 4.46. The Morgan fingerprint density at radius 2 is 2.25 bits per heavy atom. The molecule has 0 aromatic rings. The van der Waals surface area contributed by atoms with Crippen molar-refractivity contribution < 1.29 is 0 Å². The standard InChI is InChI=1S/C9H18INO/c1-3-10-6-8(2)9(7-10)4-5-11-12/h8-9H,3-7H2,1-2H3/t8-,9?/m0/s1. The van der Waals surface area contributed by atoms with E-state index in [1.807, 2.05) is 0 Å². The van der Waals surface area contributed by atoms with Crippen LogP contribution in [0, 0.1) is 16.7 Å². The first-order chi connectivity index (χ1) is 5.77. The molecule has 0 saturated carbocycles. The molecule has 1 rings (SSSR count). The minimum atomic E-state index is -0.526. The van der Waals surface area contributed by atoms with Gasteiger partial charge in [0.15, 0.2) is 0 Å². The Labute approximate surface area is 81.9 Å². The molecule has 0 spiro atoms. The zero-order chi connectivity index (χ0) is 8.97. The van der Waals surface area contributed by atoms with Gasteiger partial charge in [-0.1, -0.05) is 0 Å². The molecular weight excluding hydrogens is 265 g/mol. The van der Waals surface area contributed by atoms with Gasteiger partial charge in [0.05, 0.1) is 0 Å². The topological polar surface area (TPSA) is 29.4 Å². The average molecular weight is 283 g/mol. The zero-order valence-corrected chi connectivity index (χ0v) is 10.1. The summed E-state index contributed by atoms with van der Waals surface area (Å²) in [6.07, 6.45) is 1.05. The number of rotatable bonds is 4. The monoisotopic (exact) mass is 283 g/mol. The van der Waals surface area contributed by atoms with E-state index in [0.29, 0.717) is 6.54 Å². The number of hydrogen-bond donors (Lipinski definition) is 0. The van der Waals surface area contributed by atoms with Crippen molar-refractivity contribution in [3.8, 4) is 0 Å². The van der Waals surface area contributed by atoms with Gasteiger partial charge in [-0.25, -0.2) is 0 Å². The molecule has 72 valence electrons. The third-order valence-electron chi connectivity index (χ3n) is 2.65. The van der Waals surface area contributed by atoms with Crippen molar-refractivity contribution in [2.45, 2.75) is 20.3 Å². The molecule has 2 atom stereocenters. The van der Waals surface area contributed by atoms with Crippen LogP contribution in [0.15, 0.2) is 5.18 Å². The van der Waals surface area contributed by atoms with Gasteiger partial charge in [-0.15, -0.1) is 0 Å². The van der Waals surface area contributed by atoms with Crippen LogP contribution in [0.1, 0.15) is 20.3 Å². The fourth-order valence-electron chi connectivity index (χ4n) is 1.76. The van der Waals surface area contributed by atoms with Crippen LogP contribution < -0.4 is 0 Å². The number of nitrogens with zero attached hydrogens (tertiary/aromatic N) is 1. The summed E-state index contributed by atoms with van der Waals surface area (Å²) in [5.74, 6) is 1.73. The molecule has 0 radical (unpaired) electrons. The van der Waals surface area contributed by atoms with Crippen molar-refractivity contribution >= 4 is 19.8 Å². The van der Waals surface area contributed by atoms with Crippen LogP contribution in [-0.4, -0.2) is 19.8 Å². The zero-order valence-electron chi connectivity index (χ0n) is 7.92. The second kappa shape index (κ2) is 5.14. The molecular formula is C9H18INO. The summed E-state index contributed by atoms with van der Waals surface area (Å²) in [6, 6.07) is 0. The van der Waals surface area contributed by atoms with Crippen molar-refractivity contribution in [1.29, 1.82) is 0 Å². The summed E-state index contributed by atoms with van der Waals surface area (Å²) in [5.41, 5.74) is 0. The van der Waals surface area contributed by atoms with Gasteiger partial charge in [0.25, 0.3) is 0 Å². The molecule has 0 aliphatic carbocycles. The predicted octanol–water partition coefficient (Wildman–Crippen LogP) is 2.94. The van der Waals surface area contributed by atoms with Crippen LogP contribution in [0.5, 0.6) is 0 Å². The van der Waals surface area contributed by atoms with Gasteiger partial charge >= 0.3 is 81.8 Å². The molecule has 3 heteroatoms.